The molecule has 25 heavy (non-hydrogen) atoms. The fourth-order valence-electron chi connectivity index (χ4n) is 3.13. The van der Waals surface area contributed by atoms with E-state index in [9.17, 15) is 22.8 Å². The summed E-state index contributed by atoms with van der Waals surface area (Å²) in [6, 6.07) is 5.10. The van der Waals surface area contributed by atoms with Crippen molar-refractivity contribution in [2.24, 2.45) is 0 Å². The van der Waals surface area contributed by atoms with Gasteiger partial charge in [-0.1, -0.05) is 18.2 Å². The maximum absolute atomic E-state index is 12.4. The van der Waals surface area contributed by atoms with Crippen LogP contribution in [0.15, 0.2) is 24.3 Å². The molecule has 3 rings (SSSR count). The third kappa shape index (κ3) is 3.42. The van der Waals surface area contributed by atoms with E-state index < -0.39 is 24.0 Å². The lowest BCUT2D eigenvalue weighted by Crippen LogP contribution is -2.78. The highest BCUT2D eigenvalue weighted by Gasteiger charge is 2.56. The molecule has 0 aliphatic carbocycles. The van der Waals surface area contributed by atoms with Crippen molar-refractivity contribution >= 4 is 12.1 Å². The van der Waals surface area contributed by atoms with Gasteiger partial charge in [0, 0.05) is 31.7 Å². The second-order valence-corrected chi connectivity index (χ2v) is 6.08. The number of hydrogen-bond donors (Lipinski definition) is 2. The summed E-state index contributed by atoms with van der Waals surface area (Å²) < 4.78 is 41.1. The molecule has 2 N–H and O–H groups in total. The minimum absolute atomic E-state index is 0.128. The van der Waals surface area contributed by atoms with Crippen molar-refractivity contribution in [3.8, 4) is 5.75 Å². The first-order valence-corrected chi connectivity index (χ1v) is 7.57. The van der Waals surface area contributed by atoms with Crippen molar-refractivity contribution in [3.63, 3.8) is 0 Å². The van der Waals surface area contributed by atoms with Crippen LogP contribution in [0.5, 0.6) is 5.75 Å². The highest BCUT2D eigenvalue weighted by Crippen LogP contribution is 2.39. The summed E-state index contributed by atoms with van der Waals surface area (Å²) >= 11 is 0. The number of benzene rings is 1. The summed E-state index contributed by atoms with van der Waals surface area (Å²) in [5.74, 6) is -0.369. The first-order chi connectivity index (χ1) is 11.7. The second kappa shape index (κ2) is 6.01. The maximum Gasteiger partial charge on any atom is 0.573 e. The Balaban J connectivity index is 1.54. The lowest BCUT2D eigenvalue weighted by Gasteiger charge is -2.61. The summed E-state index contributed by atoms with van der Waals surface area (Å²) in [6.07, 6.45) is -5.12. The fraction of sp³-hybridized carbons (Fsp3) is 0.467. The van der Waals surface area contributed by atoms with Crippen LogP contribution in [0.4, 0.5) is 22.8 Å². The Kier molecular flexibility index (Phi) is 4.13. The van der Waals surface area contributed by atoms with Crippen molar-refractivity contribution in [1.29, 1.82) is 0 Å². The predicted octanol–water partition coefficient (Wildman–Crippen LogP) is 2.23. The first kappa shape index (κ1) is 17.2. The molecule has 2 heterocycles. The molecule has 1 aromatic rings. The van der Waals surface area contributed by atoms with Gasteiger partial charge in [-0.25, -0.2) is 9.59 Å². The Morgan fingerprint density at radius 2 is 1.96 bits per heavy atom. The van der Waals surface area contributed by atoms with Crippen LogP contribution < -0.4 is 10.1 Å². The van der Waals surface area contributed by atoms with Gasteiger partial charge < -0.3 is 20.1 Å². The first-order valence-electron chi connectivity index (χ1n) is 7.57. The molecule has 136 valence electrons. The zero-order valence-electron chi connectivity index (χ0n) is 13.0. The van der Waals surface area contributed by atoms with E-state index >= 15 is 0 Å². The molecule has 1 aromatic carbocycles. The number of carbonyl (C=O) groups is 2. The predicted molar refractivity (Wildman–Crippen MR) is 79.0 cm³/mol. The van der Waals surface area contributed by atoms with Gasteiger partial charge in [-0.15, -0.1) is 13.2 Å². The number of alkyl halides is 3. The van der Waals surface area contributed by atoms with Crippen LogP contribution in [0.25, 0.3) is 0 Å². The molecule has 2 saturated heterocycles. The molecule has 2 aliphatic rings. The Morgan fingerprint density at radius 3 is 2.52 bits per heavy atom. The summed E-state index contributed by atoms with van der Waals surface area (Å²) in [5.41, 5.74) is -0.306. The van der Waals surface area contributed by atoms with E-state index in [0.29, 0.717) is 13.0 Å². The van der Waals surface area contributed by atoms with Crippen LogP contribution in [0.3, 0.4) is 0 Å². The third-order valence-corrected chi connectivity index (χ3v) is 4.49. The van der Waals surface area contributed by atoms with E-state index in [4.69, 9.17) is 5.11 Å². The number of nitrogens with zero attached hydrogens (tertiary/aromatic N) is 2. The molecular formula is C15H16F3N3O4. The summed E-state index contributed by atoms with van der Waals surface area (Å²) in [7, 11) is 0. The van der Waals surface area contributed by atoms with Gasteiger partial charge in [0.05, 0.1) is 5.54 Å². The van der Waals surface area contributed by atoms with Crippen molar-refractivity contribution in [3.05, 3.63) is 29.8 Å². The molecule has 1 spiro atoms. The van der Waals surface area contributed by atoms with Gasteiger partial charge >= 0.3 is 18.5 Å². The van der Waals surface area contributed by atoms with Crippen molar-refractivity contribution < 1.29 is 32.6 Å². The van der Waals surface area contributed by atoms with Crippen LogP contribution in [0.2, 0.25) is 0 Å². The SMILES string of the molecule is O=C(NCc1ccccc1OC(F)(F)F)N1CC2(CCN2C(=O)O)C1. The van der Waals surface area contributed by atoms with Crippen LogP contribution in [-0.4, -0.2) is 58.6 Å². The smallest absolute Gasteiger partial charge is 0.465 e. The number of hydrogen-bond acceptors (Lipinski definition) is 3. The van der Waals surface area contributed by atoms with Gasteiger partial charge in [-0.3, -0.25) is 4.90 Å². The highest BCUT2D eigenvalue weighted by molar-refractivity contribution is 5.77. The molecule has 0 bridgehead atoms. The van der Waals surface area contributed by atoms with Crippen molar-refractivity contribution in [2.75, 3.05) is 19.6 Å². The van der Waals surface area contributed by atoms with E-state index in [2.05, 4.69) is 10.1 Å². The van der Waals surface area contributed by atoms with Gasteiger partial charge in [-0.2, -0.15) is 0 Å². The summed E-state index contributed by atoms with van der Waals surface area (Å²) in [6.45, 7) is 0.891. The van der Waals surface area contributed by atoms with Crippen molar-refractivity contribution in [2.45, 2.75) is 24.9 Å². The quantitative estimate of drug-likeness (QED) is 0.867. The number of carboxylic acid groups (broad SMARTS) is 1. The number of halogens is 3. The summed E-state index contributed by atoms with van der Waals surface area (Å²) in [4.78, 5) is 25.9. The number of nitrogens with one attached hydrogen (secondary N) is 1. The Morgan fingerprint density at radius 1 is 1.28 bits per heavy atom. The number of ether oxygens (including phenoxy) is 1. The molecule has 0 radical (unpaired) electrons. The number of rotatable bonds is 3. The molecular weight excluding hydrogens is 343 g/mol. The van der Waals surface area contributed by atoms with E-state index in [1.807, 2.05) is 0 Å². The highest BCUT2D eigenvalue weighted by atomic mass is 19.4. The average molecular weight is 359 g/mol. The number of carbonyl (C=O) groups excluding carboxylic acids is 1. The van der Waals surface area contributed by atoms with Crippen LogP contribution in [0.1, 0.15) is 12.0 Å². The van der Waals surface area contributed by atoms with E-state index in [-0.39, 0.29) is 30.9 Å². The standard InChI is InChI=1S/C15H16F3N3O4/c16-15(17,18)25-11-4-2-1-3-10(11)7-19-12(22)20-8-14(9-20)5-6-21(14)13(23)24/h1-4H,5-9H2,(H,19,22)(H,23,24). The lowest BCUT2D eigenvalue weighted by atomic mass is 9.78. The molecule has 2 fully saturated rings. The van der Waals surface area contributed by atoms with Crippen LogP contribution in [0, 0.1) is 0 Å². The minimum atomic E-state index is -4.81. The van der Waals surface area contributed by atoms with Gasteiger partial charge in [0.1, 0.15) is 5.75 Å². The minimum Gasteiger partial charge on any atom is -0.465 e. The van der Waals surface area contributed by atoms with Gasteiger partial charge in [-0.05, 0) is 12.5 Å². The lowest BCUT2D eigenvalue weighted by molar-refractivity contribution is -0.274. The molecule has 0 atom stereocenters. The Labute approximate surface area is 141 Å². The topological polar surface area (TPSA) is 82.1 Å². The van der Waals surface area contributed by atoms with E-state index in [1.54, 1.807) is 6.07 Å². The number of amides is 3. The third-order valence-electron chi connectivity index (χ3n) is 4.49. The van der Waals surface area contributed by atoms with Gasteiger partial charge in [0.25, 0.3) is 0 Å². The largest absolute Gasteiger partial charge is 0.573 e. The van der Waals surface area contributed by atoms with E-state index in [0.717, 1.165) is 0 Å². The monoisotopic (exact) mass is 359 g/mol. The average Bonchev–Trinajstić information content (AvgIpc) is 2.41. The Bertz CT molecular complexity index is 689. The van der Waals surface area contributed by atoms with Gasteiger partial charge in [0.2, 0.25) is 0 Å². The molecule has 3 amide bonds. The molecule has 0 unspecified atom stereocenters. The molecule has 0 aromatic heterocycles. The second-order valence-electron chi connectivity index (χ2n) is 6.08. The fourth-order valence-corrected chi connectivity index (χ4v) is 3.13. The molecule has 10 heteroatoms. The number of para-hydroxylation sites is 1. The normalized spacial score (nSPS) is 18.4. The maximum atomic E-state index is 12.4. The zero-order chi connectivity index (χ0) is 18.2. The molecule has 7 nitrogen and oxygen atoms in total. The molecule has 2 aliphatic heterocycles. The zero-order valence-corrected chi connectivity index (χ0v) is 13.0. The molecule has 0 saturated carbocycles. The van der Waals surface area contributed by atoms with Crippen molar-refractivity contribution in [1.82, 2.24) is 15.1 Å². The summed E-state index contributed by atoms with van der Waals surface area (Å²) in [5, 5.41) is 11.6. The van der Waals surface area contributed by atoms with Crippen LogP contribution >= 0.6 is 0 Å². The number of urea groups is 1. The number of likely N-dealkylation sites (tertiary alicyclic amines) is 2. The van der Waals surface area contributed by atoms with E-state index in [1.165, 1.54) is 28.0 Å². The van der Waals surface area contributed by atoms with Crippen LogP contribution in [-0.2, 0) is 6.54 Å². The van der Waals surface area contributed by atoms with Gasteiger partial charge in [0.15, 0.2) is 0 Å². The Hall–Kier alpha value is -2.65.